The number of carbonyl (C=O) groups excluding carboxylic acids is 1. The van der Waals surface area contributed by atoms with Gasteiger partial charge in [-0.05, 0) is 47.2 Å². The van der Waals surface area contributed by atoms with Crippen molar-refractivity contribution < 1.29 is 19.0 Å². The van der Waals surface area contributed by atoms with Crippen LogP contribution >= 0.6 is 0 Å². The normalized spacial score (nSPS) is 10.8. The van der Waals surface area contributed by atoms with Gasteiger partial charge in [0.25, 0.3) is 0 Å². The molecule has 144 valence electrons. The lowest BCUT2D eigenvalue weighted by molar-refractivity contribution is -0.147. The molecule has 0 saturated heterocycles. The molecule has 8 nitrogen and oxygen atoms in total. The smallest absolute Gasteiger partial charge is 0.344 e. The molecule has 1 heterocycles. The Hall–Kier alpha value is -3.68. The summed E-state index contributed by atoms with van der Waals surface area (Å²) >= 11 is 0. The van der Waals surface area contributed by atoms with Crippen molar-refractivity contribution in [2.75, 3.05) is 13.7 Å². The summed E-state index contributed by atoms with van der Waals surface area (Å²) in [6.07, 6.45) is 3.87. The second-order valence-electron chi connectivity index (χ2n) is 5.70. The molecular weight excluding hydrogens is 360 g/mol. The number of nitrogens with zero attached hydrogens (tertiary/aromatic N) is 4. The van der Waals surface area contributed by atoms with Crippen LogP contribution in [-0.4, -0.2) is 39.9 Å². The maximum absolute atomic E-state index is 12.1. The van der Waals surface area contributed by atoms with Crippen molar-refractivity contribution in [3.8, 4) is 17.2 Å². The second-order valence-corrected chi connectivity index (χ2v) is 5.70. The number of ether oxygens (including phenoxy) is 3. The van der Waals surface area contributed by atoms with Crippen molar-refractivity contribution in [1.82, 2.24) is 20.2 Å². The van der Waals surface area contributed by atoms with Gasteiger partial charge in [0.15, 0.2) is 30.5 Å². The van der Waals surface area contributed by atoms with Crippen LogP contribution in [0.1, 0.15) is 18.3 Å². The van der Waals surface area contributed by atoms with Crippen molar-refractivity contribution in [2.45, 2.75) is 13.5 Å². The molecule has 0 aliphatic carbocycles. The van der Waals surface area contributed by atoms with Crippen LogP contribution in [0.3, 0.4) is 0 Å². The van der Waals surface area contributed by atoms with Gasteiger partial charge in [-0.1, -0.05) is 36.4 Å². The molecule has 0 bridgehead atoms. The molecule has 3 aromatic rings. The van der Waals surface area contributed by atoms with E-state index in [-0.39, 0.29) is 13.2 Å². The zero-order valence-corrected chi connectivity index (χ0v) is 15.6. The van der Waals surface area contributed by atoms with Gasteiger partial charge in [0.05, 0.1) is 12.8 Å². The van der Waals surface area contributed by atoms with Gasteiger partial charge < -0.3 is 14.2 Å². The van der Waals surface area contributed by atoms with Crippen LogP contribution in [0.2, 0.25) is 0 Å². The summed E-state index contributed by atoms with van der Waals surface area (Å²) in [6, 6.07) is 14.8. The summed E-state index contributed by atoms with van der Waals surface area (Å²) in [6.45, 7) is 1.61. The summed E-state index contributed by atoms with van der Waals surface area (Å²) in [5.74, 6) is 0.869. The number of tetrazole rings is 1. The van der Waals surface area contributed by atoms with Gasteiger partial charge in [-0.15, -0.1) is 5.10 Å². The Morgan fingerprint density at radius 2 is 1.96 bits per heavy atom. The van der Waals surface area contributed by atoms with Crippen molar-refractivity contribution in [1.29, 1.82) is 0 Å². The van der Waals surface area contributed by atoms with Crippen molar-refractivity contribution in [3.63, 3.8) is 0 Å². The van der Waals surface area contributed by atoms with Gasteiger partial charge in [-0.2, -0.15) is 4.68 Å². The Morgan fingerprint density at radius 1 is 1.14 bits per heavy atom. The molecule has 0 atom stereocenters. The molecular formula is C20H20N4O4. The SMILES string of the molecule is CC=Cc1ccc(OCC(=O)OCc2nnnn2-c2ccccc2)c(OC)c1. The first-order valence-corrected chi connectivity index (χ1v) is 8.63. The van der Waals surface area contributed by atoms with Crippen LogP contribution in [0.15, 0.2) is 54.6 Å². The number of methoxy groups -OCH3 is 1. The number of aromatic nitrogens is 4. The predicted octanol–water partition coefficient (Wildman–Crippen LogP) is 2.83. The van der Waals surface area contributed by atoms with Crippen LogP contribution in [0, 0.1) is 0 Å². The van der Waals surface area contributed by atoms with E-state index in [1.165, 1.54) is 4.68 Å². The third-order valence-corrected chi connectivity index (χ3v) is 3.79. The van der Waals surface area contributed by atoms with Gasteiger partial charge in [-0.25, -0.2) is 4.79 Å². The van der Waals surface area contributed by atoms with Crippen LogP contribution in [0.5, 0.6) is 11.5 Å². The fraction of sp³-hybridized carbons (Fsp3) is 0.200. The number of esters is 1. The standard InChI is InChI=1S/C20H20N4O4/c1-3-7-15-10-11-17(18(12-15)26-2)27-14-20(25)28-13-19-21-22-23-24(19)16-8-5-4-6-9-16/h3-12H,13-14H2,1-2H3. The van der Waals surface area contributed by atoms with Crippen molar-refractivity contribution in [2.24, 2.45) is 0 Å². The van der Waals surface area contributed by atoms with E-state index in [1.54, 1.807) is 13.2 Å². The number of benzene rings is 2. The topological polar surface area (TPSA) is 88.4 Å². The van der Waals surface area contributed by atoms with Gasteiger partial charge in [0.2, 0.25) is 0 Å². The van der Waals surface area contributed by atoms with Crippen molar-refractivity contribution in [3.05, 3.63) is 66.0 Å². The van der Waals surface area contributed by atoms with E-state index in [0.717, 1.165) is 11.3 Å². The van der Waals surface area contributed by atoms with Crippen LogP contribution < -0.4 is 9.47 Å². The number of carbonyl (C=O) groups is 1. The summed E-state index contributed by atoms with van der Waals surface area (Å²) in [7, 11) is 1.55. The molecule has 0 N–H and O–H groups in total. The molecule has 0 aliphatic heterocycles. The summed E-state index contributed by atoms with van der Waals surface area (Å²) in [4.78, 5) is 12.1. The Bertz CT molecular complexity index is 954. The van der Waals surface area contributed by atoms with E-state index < -0.39 is 5.97 Å². The molecule has 8 heteroatoms. The molecule has 0 saturated carbocycles. The minimum Gasteiger partial charge on any atom is -0.493 e. The molecule has 0 aliphatic rings. The van der Waals surface area contributed by atoms with E-state index in [2.05, 4.69) is 15.5 Å². The lowest BCUT2D eigenvalue weighted by Crippen LogP contribution is -2.16. The first-order valence-electron chi connectivity index (χ1n) is 8.63. The van der Waals surface area contributed by atoms with Crippen molar-refractivity contribution >= 4 is 12.0 Å². The maximum Gasteiger partial charge on any atom is 0.344 e. The molecule has 0 unspecified atom stereocenters. The zero-order chi connectivity index (χ0) is 19.8. The van der Waals surface area contributed by atoms with Crippen LogP contribution in [-0.2, 0) is 16.1 Å². The molecule has 0 spiro atoms. The number of hydrogen-bond donors (Lipinski definition) is 0. The highest BCUT2D eigenvalue weighted by molar-refractivity contribution is 5.71. The third kappa shape index (κ3) is 4.73. The monoisotopic (exact) mass is 380 g/mol. The summed E-state index contributed by atoms with van der Waals surface area (Å²) < 4.78 is 17.6. The minimum atomic E-state index is -0.540. The summed E-state index contributed by atoms with van der Waals surface area (Å²) in [5.41, 5.74) is 1.75. The summed E-state index contributed by atoms with van der Waals surface area (Å²) in [5, 5.41) is 11.4. The molecule has 2 aromatic carbocycles. The van der Waals surface area contributed by atoms with E-state index in [0.29, 0.717) is 17.3 Å². The fourth-order valence-corrected chi connectivity index (χ4v) is 2.49. The first-order chi connectivity index (χ1) is 13.7. The quantitative estimate of drug-likeness (QED) is 0.555. The predicted molar refractivity (Wildman–Crippen MR) is 102 cm³/mol. The molecule has 28 heavy (non-hydrogen) atoms. The number of allylic oxidation sites excluding steroid dienone is 1. The lowest BCUT2D eigenvalue weighted by atomic mass is 10.2. The van der Waals surface area contributed by atoms with E-state index in [9.17, 15) is 4.79 Å². The van der Waals surface area contributed by atoms with Gasteiger partial charge in [0, 0.05) is 0 Å². The molecule has 1 aromatic heterocycles. The molecule has 0 radical (unpaired) electrons. The number of rotatable bonds is 8. The minimum absolute atomic E-state index is 0.0680. The molecule has 0 fully saturated rings. The fourth-order valence-electron chi connectivity index (χ4n) is 2.49. The van der Waals surface area contributed by atoms with Crippen LogP contribution in [0.25, 0.3) is 11.8 Å². The van der Waals surface area contributed by atoms with E-state index >= 15 is 0 Å². The highest BCUT2D eigenvalue weighted by Crippen LogP contribution is 2.28. The van der Waals surface area contributed by atoms with Gasteiger partial charge in [0.1, 0.15) is 0 Å². The average Bonchev–Trinajstić information content (AvgIpc) is 3.20. The largest absolute Gasteiger partial charge is 0.493 e. The first kappa shape index (κ1) is 19.1. The Kier molecular flexibility index (Phi) is 6.35. The van der Waals surface area contributed by atoms with Gasteiger partial charge in [-0.3, -0.25) is 0 Å². The highest BCUT2D eigenvalue weighted by atomic mass is 16.6. The zero-order valence-electron chi connectivity index (χ0n) is 15.6. The Morgan fingerprint density at radius 3 is 2.71 bits per heavy atom. The van der Waals surface area contributed by atoms with Crippen LogP contribution in [0.4, 0.5) is 0 Å². The molecule has 0 amide bonds. The Balaban J connectivity index is 1.57. The van der Waals surface area contributed by atoms with E-state index in [1.807, 2.05) is 61.5 Å². The average molecular weight is 380 g/mol. The van der Waals surface area contributed by atoms with E-state index in [4.69, 9.17) is 14.2 Å². The second kappa shape index (κ2) is 9.31. The maximum atomic E-state index is 12.1. The lowest BCUT2D eigenvalue weighted by Gasteiger charge is -2.11. The Labute approximate surface area is 162 Å². The third-order valence-electron chi connectivity index (χ3n) is 3.79. The number of para-hydroxylation sites is 1. The highest BCUT2D eigenvalue weighted by Gasteiger charge is 2.13. The molecule has 3 rings (SSSR count). The number of hydrogen-bond acceptors (Lipinski definition) is 7. The van der Waals surface area contributed by atoms with Gasteiger partial charge >= 0.3 is 5.97 Å².